The normalized spacial score (nSPS) is 10.8. The van der Waals surface area contributed by atoms with Crippen LogP contribution in [0.1, 0.15) is 10.4 Å². The van der Waals surface area contributed by atoms with Crippen LogP contribution < -0.4 is 5.32 Å². The number of rotatable bonds is 4. The van der Waals surface area contributed by atoms with E-state index >= 15 is 0 Å². The second-order valence-electron chi connectivity index (χ2n) is 5.03. The third kappa shape index (κ3) is 2.81. The Morgan fingerprint density at radius 1 is 1.16 bits per heavy atom. The second kappa shape index (κ2) is 6.29. The number of aromatic nitrogens is 5. The third-order valence-corrected chi connectivity index (χ3v) is 4.11. The molecular weight excluding hydrogens is 343 g/mol. The summed E-state index contributed by atoms with van der Waals surface area (Å²) in [6, 6.07) is 9.87. The molecule has 3 heterocycles. The lowest BCUT2D eigenvalue weighted by atomic mass is 10.2. The van der Waals surface area contributed by atoms with Crippen molar-refractivity contribution >= 4 is 22.4 Å². The molecule has 1 aromatic carbocycles. The fourth-order valence-corrected chi connectivity index (χ4v) is 2.86. The first-order valence-electron chi connectivity index (χ1n) is 7.28. The average Bonchev–Trinajstić information content (AvgIpc) is 3.36. The number of para-hydroxylation sites is 1. The van der Waals surface area contributed by atoms with Gasteiger partial charge in [-0.3, -0.25) is 10.1 Å². The van der Waals surface area contributed by atoms with Gasteiger partial charge in [0, 0.05) is 12.4 Å². The molecule has 0 saturated heterocycles. The summed E-state index contributed by atoms with van der Waals surface area (Å²) in [5.41, 5.74) is 2.06. The highest BCUT2D eigenvalue weighted by Gasteiger charge is 2.21. The third-order valence-electron chi connectivity index (χ3n) is 3.50. The Kier molecular flexibility index (Phi) is 3.82. The molecule has 9 heteroatoms. The molecule has 0 unspecified atom stereocenters. The predicted molar refractivity (Wildman–Crippen MR) is 90.7 cm³/mol. The summed E-state index contributed by atoms with van der Waals surface area (Å²) in [6.07, 6.45) is 4.92. The molecule has 7 nitrogen and oxygen atoms in total. The number of anilines is 1. The zero-order valence-electron chi connectivity index (χ0n) is 12.7. The van der Waals surface area contributed by atoms with Crippen LogP contribution in [0.15, 0.2) is 60.5 Å². The van der Waals surface area contributed by atoms with Crippen LogP contribution in [0.25, 0.3) is 11.5 Å². The van der Waals surface area contributed by atoms with Crippen LogP contribution in [0.2, 0.25) is 0 Å². The van der Waals surface area contributed by atoms with Gasteiger partial charge in [0.15, 0.2) is 5.82 Å². The number of nitrogens with one attached hydrogen (secondary N) is 1. The van der Waals surface area contributed by atoms with E-state index in [4.69, 9.17) is 0 Å². The van der Waals surface area contributed by atoms with Gasteiger partial charge in [-0.2, -0.15) is 5.10 Å². The quantitative estimate of drug-likeness (QED) is 0.611. The molecule has 3 aromatic heterocycles. The monoisotopic (exact) mass is 354 g/mol. The average molecular weight is 354 g/mol. The van der Waals surface area contributed by atoms with E-state index in [1.165, 1.54) is 33.8 Å². The summed E-state index contributed by atoms with van der Waals surface area (Å²) < 4.78 is 17.3. The van der Waals surface area contributed by atoms with Gasteiger partial charge in [-0.15, -0.1) is 10.2 Å². The molecule has 1 N–H and O–H groups in total. The maximum Gasteiger partial charge on any atom is 0.262 e. The van der Waals surface area contributed by atoms with Gasteiger partial charge in [-0.1, -0.05) is 23.5 Å². The van der Waals surface area contributed by atoms with Crippen molar-refractivity contribution in [3.05, 3.63) is 71.9 Å². The molecule has 4 rings (SSSR count). The highest BCUT2D eigenvalue weighted by molar-refractivity contribution is 7.13. The lowest BCUT2D eigenvalue weighted by molar-refractivity contribution is 0.102. The molecular formula is C16H11FN6OS. The van der Waals surface area contributed by atoms with Crippen molar-refractivity contribution in [1.82, 2.24) is 24.5 Å². The molecule has 0 saturated carbocycles. The SMILES string of the molecule is O=C(Nc1nncs1)c1cnn(-c2ccccc2F)c1-n1cccc1. The highest BCUT2D eigenvalue weighted by atomic mass is 32.1. The molecule has 0 fully saturated rings. The van der Waals surface area contributed by atoms with Crippen molar-refractivity contribution in [3.8, 4) is 11.5 Å². The Balaban J connectivity index is 1.83. The van der Waals surface area contributed by atoms with E-state index < -0.39 is 11.7 Å². The van der Waals surface area contributed by atoms with E-state index in [2.05, 4.69) is 20.6 Å². The zero-order valence-corrected chi connectivity index (χ0v) is 13.5. The van der Waals surface area contributed by atoms with Gasteiger partial charge >= 0.3 is 0 Å². The molecule has 0 spiro atoms. The van der Waals surface area contributed by atoms with Crippen molar-refractivity contribution in [1.29, 1.82) is 0 Å². The van der Waals surface area contributed by atoms with Crippen LogP contribution >= 0.6 is 11.3 Å². The first-order valence-corrected chi connectivity index (χ1v) is 8.16. The summed E-state index contributed by atoms with van der Waals surface area (Å²) in [4.78, 5) is 12.6. The number of nitrogens with zero attached hydrogens (tertiary/aromatic N) is 5. The summed E-state index contributed by atoms with van der Waals surface area (Å²) in [5, 5.41) is 14.7. The molecule has 0 bridgehead atoms. The van der Waals surface area contributed by atoms with Crippen molar-refractivity contribution in [2.45, 2.75) is 0 Å². The minimum absolute atomic E-state index is 0.251. The van der Waals surface area contributed by atoms with E-state index in [0.717, 1.165) is 0 Å². The largest absolute Gasteiger partial charge is 0.308 e. The van der Waals surface area contributed by atoms with E-state index in [9.17, 15) is 9.18 Å². The molecule has 0 aliphatic heterocycles. The first kappa shape index (κ1) is 15.2. The van der Waals surface area contributed by atoms with Crippen LogP contribution in [0.4, 0.5) is 9.52 Å². The zero-order chi connectivity index (χ0) is 17.2. The van der Waals surface area contributed by atoms with Crippen LogP contribution in [-0.2, 0) is 0 Å². The highest BCUT2D eigenvalue weighted by Crippen LogP contribution is 2.22. The Morgan fingerprint density at radius 3 is 2.68 bits per heavy atom. The van der Waals surface area contributed by atoms with Crippen LogP contribution in [0.3, 0.4) is 0 Å². The Hall–Kier alpha value is -3.33. The Bertz CT molecular complexity index is 1010. The summed E-state index contributed by atoms with van der Waals surface area (Å²) in [5.74, 6) is -0.407. The van der Waals surface area contributed by atoms with Crippen molar-refractivity contribution in [2.75, 3.05) is 5.32 Å². The molecule has 0 aliphatic rings. The van der Waals surface area contributed by atoms with Gasteiger partial charge in [0.1, 0.15) is 22.6 Å². The van der Waals surface area contributed by atoms with E-state index in [1.807, 2.05) is 12.1 Å². The molecule has 0 aliphatic carbocycles. The molecule has 25 heavy (non-hydrogen) atoms. The summed E-state index contributed by atoms with van der Waals surface area (Å²) in [6.45, 7) is 0. The van der Waals surface area contributed by atoms with E-state index in [0.29, 0.717) is 10.9 Å². The Morgan fingerprint density at radius 2 is 1.96 bits per heavy atom. The van der Waals surface area contributed by atoms with Crippen molar-refractivity contribution in [2.24, 2.45) is 0 Å². The first-order chi connectivity index (χ1) is 12.2. The maximum atomic E-state index is 14.2. The lowest BCUT2D eigenvalue weighted by Crippen LogP contribution is -2.15. The van der Waals surface area contributed by atoms with Gasteiger partial charge in [0.25, 0.3) is 5.91 Å². The van der Waals surface area contributed by atoms with Gasteiger partial charge in [0.05, 0.1) is 6.20 Å². The number of halogens is 1. The van der Waals surface area contributed by atoms with Gasteiger partial charge in [-0.05, 0) is 24.3 Å². The fourth-order valence-electron chi connectivity index (χ4n) is 2.42. The topological polar surface area (TPSA) is 77.6 Å². The van der Waals surface area contributed by atoms with E-state index in [-0.39, 0.29) is 11.3 Å². The number of benzene rings is 1. The minimum atomic E-state index is -0.435. The van der Waals surface area contributed by atoms with Crippen LogP contribution in [0.5, 0.6) is 0 Å². The van der Waals surface area contributed by atoms with Gasteiger partial charge in [0.2, 0.25) is 5.13 Å². The number of hydrogen-bond acceptors (Lipinski definition) is 5. The molecule has 0 atom stereocenters. The van der Waals surface area contributed by atoms with Gasteiger partial charge < -0.3 is 4.57 Å². The van der Waals surface area contributed by atoms with Crippen LogP contribution in [-0.4, -0.2) is 30.5 Å². The lowest BCUT2D eigenvalue weighted by Gasteiger charge is -2.11. The fraction of sp³-hybridized carbons (Fsp3) is 0. The van der Waals surface area contributed by atoms with Crippen LogP contribution in [0, 0.1) is 5.82 Å². The number of carbonyl (C=O) groups excluding carboxylic acids is 1. The smallest absolute Gasteiger partial charge is 0.262 e. The molecule has 124 valence electrons. The second-order valence-corrected chi connectivity index (χ2v) is 5.87. The van der Waals surface area contributed by atoms with Crippen molar-refractivity contribution < 1.29 is 9.18 Å². The number of amides is 1. The molecule has 4 aromatic rings. The standard InChI is InChI=1S/C16H11FN6OS/c17-12-5-1-2-6-13(12)23-15(22-7-3-4-8-22)11(9-19-23)14(24)20-16-21-18-10-25-16/h1-10H,(H,20,21,24). The molecule has 1 amide bonds. The Labute approximate surface area is 145 Å². The summed E-state index contributed by atoms with van der Waals surface area (Å²) >= 11 is 1.21. The number of carbonyl (C=O) groups is 1. The predicted octanol–water partition coefficient (Wildman–Crippen LogP) is 2.91. The molecule has 0 radical (unpaired) electrons. The van der Waals surface area contributed by atoms with Gasteiger partial charge in [-0.25, -0.2) is 9.07 Å². The summed E-state index contributed by atoms with van der Waals surface area (Å²) in [7, 11) is 0. The van der Waals surface area contributed by atoms with Crippen molar-refractivity contribution in [3.63, 3.8) is 0 Å². The van der Waals surface area contributed by atoms with E-state index in [1.54, 1.807) is 35.2 Å². The maximum absolute atomic E-state index is 14.2. The minimum Gasteiger partial charge on any atom is -0.308 e. The number of hydrogen-bond donors (Lipinski definition) is 1.